The summed E-state index contributed by atoms with van der Waals surface area (Å²) < 4.78 is 0. The lowest BCUT2D eigenvalue weighted by Crippen LogP contribution is -2.25. The van der Waals surface area contributed by atoms with Gasteiger partial charge in [-0.15, -0.1) is 0 Å². The maximum absolute atomic E-state index is 12.6. The number of carbonyl (C=O) groups excluding carboxylic acids is 1. The molecule has 4 rings (SSSR count). The van der Waals surface area contributed by atoms with Crippen LogP contribution in [0.15, 0.2) is 60.9 Å². The second-order valence-electron chi connectivity index (χ2n) is 7.85. The van der Waals surface area contributed by atoms with Crippen LogP contribution in [-0.4, -0.2) is 51.5 Å². The standard InChI is InChI=1S/C25H27N7O2/c26-23(27)20-15-31-22-7-2-16(14-19(20)22)8-11-28-24(34)18-5-3-17(4-6-18)21-9-12-30-25(32-21)29-10-1-13-33/h2-7,9,12,14-15,31,33H,1,8,10-11,13H2,(H3,26,27)(H,28,34)(H,29,30,32). The Morgan fingerprint density at radius 3 is 2.71 bits per heavy atom. The molecule has 0 aliphatic rings. The molecule has 2 aromatic carbocycles. The van der Waals surface area contributed by atoms with Crippen LogP contribution in [0.1, 0.15) is 27.9 Å². The van der Waals surface area contributed by atoms with Crippen LogP contribution in [-0.2, 0) is 6.42 Å². The number of aromatic nitrogens is 3. The summed E-state index contributed by atoms with van der Waals surface area (Å²) in [6, 6.07) is 15.0. The minimum Gasteiger partial charge on any atom is -0.396 e. The van der Waals surface area contributed by atoms with Crippen molar-refractivity contribution in [3.8, 4) is 11.3 Å². The molecule has 2 aromatic heterocycles. The number of aliphatic hydroxyl groups is 1. The van der Waals surface area contributed by atoms with Crippen molar-refractivity contribution in [1.29, 1.82) is 5.41 Å². The molecule has 7 N–H and O–H groups in total. The number of fused-ring (bicyclic) bond motifs is 1. The lowest BCUT2D eigenvalue weighted by atomic mass is 10.1. The van der Waals surface area contributed by atoms with Gasteiger partial charge in [-0.25, -0.2) is 9.97 Å². The topological polar surface area (TPSA) is 153 Å². The number of amidine groups is 1. The van der Waals surface area contributed by atoms with E-state index >= 15 is 0 Å². The second-order valence-corrected chi connectivity index (χ2v) is 7.85. The Morgan fingerprint density at radius 1 is 1.12 bits per heavy atom. The van der Waals surface area contributed by atoms with Crippen molar-refractivity contribution < 1.29 is 9.90 Å². The number of aromatic amines is 1. The van der Waals surface area contributed by atoms with Crippen molar-refractivity contribution in [2.75, 3.05) is 25.0 Å². The quantitative estimate of drug-likeness (QED) is 0.122. The minimum atomic E-state index is -0.146. The van der Waals surface area contributed by atoms with E-state index in [2.05, 4.69) is 25.6 Å². The third-order valence-electron chi connectivity index (χ3n) is 5.45. The van der Waals surface area contributed by atoms with Gasteiger partial charge in [0.15, 0.2) is 0 Å². The summed E-state index contributed by atoms with van der Waals surface area (Å²) in [5.41, 5.74) is 10.5. The summed E-state index contributed by atoms with van der Waals surface area (Å²) in [7, 11) is 0. The van der Waals surface area contributed by atoms with Crippen LogP contribution in [0.25, 0.3) is 22.2 Å². The molecule has 9 heteroatoms. The number of hydrogen-bond donors (Lipinski definition) is 6. The molecule has 0 atom stereocenters. The Balaban J connectivity index is 1.34. The zero-order chi connectivity index (χ0) is 23.9. The highest BCUT2D eigenvalue weighted by molar-refractivity contribution is 6.07. The summed E-state index contributed by atoms with van der Waals surface area (Å²) in [5.74, 6) is 0.380. The highest BCUT2D eigenvalue weighted by atomic mass is 16.3. The first-order valence-electron chi connectivity index (χ1n) is 11.1. The second kappa shape index (κ2) is 10.6. The van der Waals surface area contributed by atoms with Crippen LogP contribution in [0.5, 0.6) is 0 Å². The normalized spacial score (nSPS) is 10.9. The minimum absolute atomic E-state index is 0.0244. The van der Waals surface area contributed by atoms with E-state index in [4.69, 9.17) is 16.2 Å². The Morgan fingerprint density at radius 2 is 1.94 bits per heavy atom. The van der Waals surface area contributed by atoms with E-state index in [0.717, 1.165) is 27.7 Å². The molecule has 0 bridgehead atoms. The fraction of sp³-hybridized carbons (Fsp3) is 0.200. The molecular formula is C25H27N7O2. The SMILES string of the molecule is N=C(N)c1c[nH]c2ccc(CCNC(=O)c3ccc(-c4ccnc(NCCCO)n4)cc3)cc12. The molecule has 4 aromatic rings. The molecule has 0 unspecified atom stereocenters. The van der Waals surface area contributed by atoms with Gasteiger partial charge in [-0.05, 0) is 48.7 Å². The van der Waals surface area contributed by atoms with Crippen LogP contribution < -0.4 is 16.4 Å². The average Bonchev–Trinajstić information content (AvgIpc) is 3.28. The molecular weight excluding hydrogens is 430 g/mol. The number of nitrogens with two attached hydrogens (primary N) is 1. The summed E-state index contributed by atoms with van der Waals surface area (Å²) in [5, 5.41) is 23.5. The van der Waals surface area contributed by atoms with Gasteiger partial charge < -0.3 is 26.5 Å². The first-order chi connectivity index (χ1) is 16.5. The molecule has 34 heavy (non-hydrogen) atoms. The highest BCUT2D eigenvalue weighted by Crippen LogP contribution is 2.20. The van der Waals surface area contributed by atoms with Gasteiger partial charge in [0.05, 0.1) is 5.69 Å². The van der Waals surface area contributed by atoms with Gasteiger partial charge in [0, 0.05) is 59.7 Å². The van der Waals surface area contributed by atoms with Crippen LogP contribution >= 0.6 is 0 Å². The van der Waals surface area contributed by atoms with E-state index in [1.807, 2.05) is 36.4 Å². The average molecular weight is 458 g/mol. The third kappa shape index (κ3) is 5.38. The van der Waals surface area contributed by atoms with Gasteiger partial charge in [0.1, 0.15) is 5.84 Å². The van der Waals surface area contributed by atoms with Gasteiger partial charge in [-0.1, -0.05) is 18.2 Å². The molecule has 0 spiro atoms. The van der Waals surface area contributed by atoms with Crippen molar-refractivity contribution in [3.63, 3.8) is 0 Å². The number of H-pyrrole nitrogens is 1. The fourth-order valence-corrected chi connectivity index (χ4v) is 3.64. The molecule has 9 nitrogen and oxygen atoms in total. The third-order valence-corrected chi connectivity index (χ3v) is 5.45. The van der Waals surface area contributed by atoms with Crippen molar-refractivity contribution in [2.24, 2.45) is 5.73 Å². The maximum atomic E-state index is 12.6. The van der Waals surface area contributed by atoms with Crippen LogP contribution in [0.3, 0.4) is 0 Å². The van der Waals surface area contributed by atoms with Crippen LogP contribution in [0.4, 0.5) is 5.95 Å². The van der Waals surface area contributed by atoms with Gasteiger partial charge in [0.25, 0.3) is 5.91 Å². The summed E-state index contributed by atoms with van der Waals surface area (Å²) in [6.07, 6.45) is 4.69. The van der Waals surface area contributed by atoms with Crippen molar-refractivity contribution in [3.05, 3.63) is 77.6 Å². The Bertz CT molecular complexity index is 1300. The predicted octanol–water partition coefficient (Wildman–Crippen LogP) is 2.68. The van der Waals surface area contributed by atoms with Gasteiger partial charge >= 0.3 is 0 Å². The number of nitrogens with zero attached hydrogens (tertiary/aromatic N) is 2. The molecule has 1 amide bonds. The number of amides is 1. The molecule has 0 saturated heterocycles. The number of rotatable bonds is 10. The Labute approximate surface area is 197 Å². The monoisotopic (exact) mass is 457 g/mol. The largest absolute Gasteiger partial charge is 0.396 e. The Hall–Kier alpha value is -4.24. The fourth-order valence-electron chi connectivity index (χ4n) is 3.64. The van der Waals surface area contributed by atoms with Crippen LogP contribution in [0, 0.1) is 5.41 Å². The summed E-state index contributed by atoms with van der Waals surface area (Å²) >= 11 is 0. The van der Waals surface area contributed by atoms with Crippen molar-refractivity contribution >= 4 is 28.6 Å². The summed E-state index contributed by atoms with van der Waals surface area (Å²) in [4.78, 5) is 24.4. The van der Waals surface area contributed by atoms with E-state index in [-0.39, 0.29) is 18.3 Å². The van der Waals surface area contributed by atoms with Crippen molar-refractivity contribution in [1.82, 2.24) is 20.3 Å². The van der Waals surface area contributed by atoms with Gasteiger partial charge in [-0.3, -0.25) is 10.2 Å². The number of anilines is 1. The van der Waals surface area contributed by atoms with E-state index < -0.39 is 0 Å². The Kier molecular flexibility index (Phi) is 7.14. The van der Waals surface area contributed by atoms with E-state index in [0.29, 0.717) is 43.0 Å². The predicted molar refractivity (Wildman–Crippen MR) is 133 cm³/mol. The maximum Gasteiger partial charge on any atom is 0.251 e. The van der Waals surface area contributed by atoms with E-state index in [9.17, 15) is 4.79 Å². The number of aliphatic hydroxyl groups excluding tert-OH is 1. The summed E-state index contributed by atoms with van der Waals surface area (Å²) in [6.45, 7) is 1.19. The number of carbonyl (C=O) groups is 1. The molecule has 0 saturated carbocycles. The molecule has 0 aliphatic carbocycles. The lowest BCUT2D eigenvalue weighted by Gasteiger charge is -2.08. The van der Waals surface area contributed by atoms with E-state index in [1.165, 1.54) is 0 Å². The smallest absolute Gasteiger partial charge is 0.251 e. The molecule has 174 valence electrons. The number of hydrogen-bond acceptors (Lipinski definition) is 6. The highest BCUT2D eigenvalue weighted by Gasteiger charge is 2.09. The number of benzene rings is 2. The molecule has 0 aliphatic heterocycles. The van der Waals surface area contributed by atoms with E-state index in [1.54, 1.807) is 24.5 Å². The number of nitrogens with one attached hydrogen (secondary N) is 4. The first-order valence-corrected chi connectivity index (χ1v) is 11.1. The lowest BCUT2D eigenvalue weighted by molar-refractivity contribution is 0.0954. The van der Waals surface area contributed by atoms with Gasteiger partial charge in [-0.2, -0.15) is 0 Å². The molecule has 0 fully saturated rings. The molecule has 2 heterocycles. The van der Waals surface area contributed by atoms with Gasteiger partial charge in [0.2, 0.25) is 5.95 Å². The molecule has 0 radical (unpaired) electrons. The van der Waals surface area contributed by atoms with Crippen LogP contribution in [0.2, 0.25) is 0 Å². The first kappa shape index (κ1) is 22.9. The zero-order valence-corrected chi connectivity index (χ0v) is 18.6. The van der Waals surface area contributed by atoms with Crippen molar-refractivity contribution in [2.45, 2.75) is 12.8 Å². The zero-order valence-electron chi connectivity index (χ0n) is 18.6. The number of nitrogen functional groups attached to an aromatic ring is 1.